The van der Waals surface area contributed by atoms with Gasteiger partial charge < -0.3 is 128 Å². The number of hydrogen-bond donors (Lipinski definition) is 13. The van der Waals surface area contributed by atoms with Crippen LogP contribution in [0.5, 0.6) is 57.5 Å². The van der Waals surface area contributed by atoms with E-state index in [-0.39, 0.29) is 62.9 Å². The fraction of sp³-hybridized carbons (Fsp3) is 0.400. The van der Waals surface area contributed by atoms with Crippen molar-refractivity contribution in [3.05, 3.63) is 94.2 Å². The number of aliphatic hydroxyl groups is 10. The van der Waals surface area contributed by atoms with Gasteiger partial charge in [-0.1, -0.05) is 0 Å². The summed E-state index contributed by atoms with van der Waals surface area (Å²) < 4.78 is 71.9. The van der Waals surface area contributed by atoms with Crippen molar-refractivity contribution in [1.29, 1.82) is 0 Å². The number of phenolic OH excluding ortho intramolecular Hbond substituents is 3. The van der Waals surface area contributed by atoms with E-state index in [2.05, 4.69) is 0 Å². The van der Waals surface area contributed by atoms with Crippen molar-refractivity contribution >= 4 is 24.1 Å². The summed E-state index contributed by atoms with van der Waals surface area (Å²) in [5, 5.41) is 139. The third kappa shape index (κ3) is 13.5. The van der Waals surface area contributed by atoms with E-state index in [1.54, 1.807) is 0 Å². The van der Waals surface area contributed by atoms with Gasteiger partial charge in [-0.3, -0.25) is 4.79 Å². The predicted octanol–water partition coefficient (Wildman–Crippen LogP) is -1.37. The highest BCUT2D eigenvalue weighted by Gasteiger charge is 2.48. The molecule has 29 heteroatoms. The maximum Gasteiger partial charge on any atom is 0.330 e. The molecule has 3 fully saturated rings. The molecule has 0 radical (unpaired) electrons. The van der Waals surface area contributed by atoms with Gasteiger partial charge in [0, 0.05) is 29.8 Å². The largest absolute Gasteiger partial charge is 0.504 e. The minimum Gasteiger partial charge on any atom is -0.504 e. The molecule has 454 valence electrons. The molecule has 0 saturated carbocycles. The summed E-state index contributed by atoms with van der Waals surface area (Å²) in [6.45, 7) is -2.27. The van der Waals surface area contributed by atoms with E-state index in [0.717, 1.165) is 42.5 Å². The number of benzene rings is 4. The Labute approximate surface area is 474 Å². The van der Waals surface area contributed by atoms with Gasteiger partial charge in [0.05, 0.1) is 40.6 Å². The molecule has 3 aromatic rings. The highest BCUT2D eigenvalue weighted by Crippen LogP contribution is 2.44. The van der Waals surface area contributed by atoms with Crippen LogP contribution in [0.25, 0.3) is 34.8 Å². The van der Waals surface area contributed by atoms with Crippen molar-refractivity contribution in [2.75, 3.05) is 48.3 Å². The molecular weight excluding hydrogens is 1120 g/mol. The molecular formula is C55H60O29. The Hall–Kier alpha value is -8.01. The van der Waals surface area contributed by atoms with Crippen LogP contribution in [0.15, 0.2) is 82.0 Å². The second-order valence-electron chi connectivity index (χ2n) is 19.0. The molecule has 84 heavy (non-hydrogen) atoms. The van der Waals surface area contributed by atoms with Crippen LogP contribution in [0.4, 0.5) is 0 Å². The Bertz CT molecular complexity index is 3160. The first kappa shape index (κ1) is 62.0. The summed E-state index contributed by atoms with van der Waals surface area (Å²) in [5.74, 6) is -4.92. The Morgan fingerprint density at radius 2 is 0.929 bits per heavy atom. The molecule has 5 aliphatic rings. The summed E-state index contributed by atoms with van der Waals surface area (Å²) in [4.78, 5) is 39.5. The third-order valence-corrected chi connectivity index (χ3v) is 13.5. The molecule has 8 rings (SSSR count). The number of esters is 2. The predicted molar refractivity (Wildman–Crippen MR) is 280 cm³/mol. The molecule has 0 spiro atoms. The van der Waals surface area contributed by atoms with Crippen LogP contribution in [0, 0.1) is 0 Å². The Balaban J connectivity index is 1.04. The first-order chi connectivity index (χ1) is 40.1. The first-order valence-corrected chi connectivity index (χ1v) is 25.3. The van der Waals surface area contributed by atoms with Crippen molar-refractivity contribution in [3.63, 3.8) is 0 Å². The summed E-state index contributed by atoms with van der Waals surface area (Å²) in [6.07, 6.45) is -23.0. The topological polar surface area (TPSA) is 438 Å². The molecule has 4 heterocycles. The molecule has 0 unspecified atom stereocenters. The average Bonchev–Trinajstić information content (AvgIpc) is 2.27. The van der Waals surface area contributed by atoms with Crippen LogP contribution in [0.1, 0.15) is 11.1 Å². The lowest BCUT2D eigenvalue weighted by Crippen LogP contribution is -2.60. The molecule has 29 nitrogen and oxygen atoms in total. The minimum absolute atomic E-state index is 0.0426. The number of methoxy groups -OCH3 is 4. The maximum absolute atomic E-state index is 13.9. The van der Waals surface area contributed by atoms with Gasteiger partial charge in [-0.05, 0) is 71.8 Å². The highest BCUT2D eigenvalue weighted by molar-refractivity contribution is 5.88. The number of rotatable bonds is 20. The molecule has 1 aliphatic carbocycles. The highest BCUT2D eigenvalue weighted by atomic mass is 16.7. The maximum atomic E-state index is 13.9. The van der Waals surface area contributed by atoms with Gasteiger partial charge in [0.25, 0.3) is 0 Å². The number of fused-ring (bicyclic) bond motifs is 1. The molecule has 0 bridgehead atoms. The van der Waals surface area contributed by atoms with Gasteiger partial charge in [0.15, 0.2) is 51.4 Å². The van der Waals surface area contributed by atoms with E-state index in [4.69, 9.17) is 61.3 Å². The molecule has 0 amide bonds. The SMILES string of the molecule is COc1cc(C=CC(=O)OC[C@@H]2O[C@@H](Oc3cc4oc(-c5ccc(O)c(O[C@@H]6O[C@H](COC(=O)C=Cc7cc(OC)c(O)c(OC)c7)[C@@H](O)[C@@H](O)[C@H]6O)c5)c(O[C@@H]5O[C@H](CO)[C@@H](O)[C@H](O)[C@@H]5O)cc-4c(=O)c3)[C@H](O)[C@@H](O)[C@@H]2O)cc(OC)c1O. The van der Waals surface area contributed by atoms with Crippen LogP contribution in [-0.2, 0) is 33.3 Å². The number of carbonyl (C=O) groups excluding carboxylic acids is 2. The molecule has 4 aliphatic heterocycles. The Kier molecular flexibility index (Phi) is 19.7. The normalized spacial score (nSPS) is 28.0. The number of hydrogen-bond acceptors (Lipinski definition) is 29. The average molecular weight is 1190 g/mol. The number of ether oxygens (including phenoxy) is 12. The number of carbonyl (C=O) groups is 2. The molecule has 3 saturated heterocycles. The fourth-order valence-electron chi connectivity index (χ4n) is 8.89. The van der Waals surface area contributed by atoms with Crippen molar-refractivity contribution in [3.8, 4) is 80.1 Å². The Morgan fingerprint density at radius 1 is 0.500 bits per heavy atom. The summed E-state index contributed by atoms with van der Waals surface area (Å²) in [5.41, 5.74) is -0.521. The minimum atomic E-state index is -2.02. The second-order valence-corrected chi connectivity index (χ2v) is 19.0. The first-order valence-electron chi connectivity index (χ1n) is 25.3. The van der Waals surface area contributed by atoms with Gasteiger partial charge >= 0.3 is 11.9 Å². The van der Waals surface area contributed by atoms with Gasteiger partial charge in [0.2, 0.25) is 30.4 Å². The monoisotopic (exact) mass is 1180 g/mol. The number of phenols is 3. The molecule has 13 N–H and O–H groups in total. The zero-order chi connectivity index (χ0) is 60.8. The van der Waals surface area contributed by atoms with Crippen LogP contribution in [0.3, 0.4) is 0 Å². The van der Waals surface area contributed by atoms with Crippen LogP contribution >= 0.6 is 0 Å². The van der Waals surface area contributed by atoms with E-state index < -0.39 is 147 Å². The second kappa shape index (κ2) is 26.7. The van der Waals surface area contributed by atoms with Crippen LogP contribution < -0.4 is 38.6 Å². The van der Waals surface area contributed by atoms with Gasteiger partial charge in [-0.15, -0.1) is 0 Å². The lowest BCUT2D eigenvalue weighted by Gasteiger charge is -2.40. The van der Waals surface area contributed by atoms with Crippen LogP contribution in [-0.4, -0.2) is 219 Å². The van der Waals surface area contributed by atoms with Crippen molar-refractivity contribution in [1.82, 2.24) is 0 Å². The third-order valence-electron chi connectivity index (χ3n) is 13.5. The summed E-state index contributed by atoms with van der Waals surface area (Å²) in [6, 6.07) is 12.1. The van der Waals surface area contributed by atoms with E-state index in [1.807, 2.05) is 0 Å². The van der Waals surface area contributed by atoms with Gasteiger partial charge in [-0.25, -0.2) is 9.59 Å². The van der Waals surface area contributed by atoms with E-state index in [0.29, 0.717) is 11.1 Å². The van der Waals surface area contributed by atoms with Crippen molar-refractivity contribution < 1.29 is 137 Å². The van der Waals surface area contributed by atoms with E-state index in [1.165, 1.54) is 70.9 Å². The molecule has 0 aromatic heterocycles. The summed E-state index contributed by atoms with van der Waals surface area (Å²) in [7, 11) is 5.23. The zero-order valence-corrected chi connectivity index (χ0v) is 44.7. The number of aromatic hydroxyl groups is 3. The smallest absolute Gasteiger partial charge is 0.330 e. The van der Waals surface area contributed by atoms with Crippen molar-refractivity contribution in [2.24, 2.45) is 0 Å². The lowest BCUT2D eigenvalue weighted by molar-refractivity contribution is -0.278. The van der Waals surface area contributed by atoms with Crippen molar-refractivity contribution in [2.45, 2.75) is 92.1 Å². The molecule has 15 atom stereocenters. The molecule has 3 aromatic carbocycles. The number of aliphatic hydroxyl groups excluding tert-OH is 10. The standard InChI is InChI=1S/C55H60O29/c1-72-31-11-22(12-32(73-2)41(31)61)5-9-39(59)76-20-37-44(64)47(67)49(69)53(83-37)78-25-16-28(58)26-18-35(81-55-50(70)46(66)43(63)36(19-56)82-55)52(79-29(26)17-25)24-7-8-27(57)30(15-24)80-54-51(71)48(68)45(65)38(84-54)21-77-40(60)10-6-23-13-33(74-3)42(62)34(14-23)75-4/h5-18,36-38,43-51,53-57,61-71H,19-21H2,1-4H3/t36-,37+,38-,43-,44-,45-,46+,47+,48-,49-,50+,51-,53-,54-,55-/m1/s1. The Morgan fingerprint density at radius 3 is 1.38 bits per heavy atom. The van der Waals surface area contributed by atoms with Gasteiger partial charge in [0.1, 0.15) is 98.0 Å². The van der Waals surface area contributed by atoms with Gasteiger partial charge in [-0.2, -0.15) is 0 Å². The van der Waals surface area contributed by atoms with E-state index in [9.17, 15) is 80.8 Å². The van der Waals surface area contributed by atoms with E-state index >= 15 is 0 Å². The quantitative estimate of drug-likeness (QED) is 0.0316. The lowest BCUT2D eigenvalue weighted by atomic mass is 9.99. The van der Waals surface area contributed by atoms with Crippen LogP contribution in [0.2, 0.25) is 0 Å². The zero-order valence-electron chi connectivity index (χ0n) is 44.7. The fourth-order valence-corrected chi connectivity index (χ4v) is 8.89. The summed E-state index contributed by atoms with van der Waals surface area (Å²) >= 11 is 0.